The van der Waals surface area contributed by atoms with Crippen molar-refractivity contribution in [1.82, 2.24) is 14.6 Å². The van der Waals surface area contributed by atoms with Gasteiger partial charge in [-0.25, -0.2) is 9.50 Å². The fourth-order valence-electron chi connectivity index (χ4n) is 1.90. The van der Waals surface area contributed by atoms with Gasteiger partial charge in [0.15, 0.2) is 5.65 Å². The van der Waals surface area contributed by atoms with Gasteiger partial charge in [0.05, 0.1) is 17.1 Å². The van der Waals surface area contributed by atoms with Crippen LogP contribution in [0.2, 0.25) is 5.02 Å². The van der Waals surface area contributed by atoms with Crippen molar-refractivity contribution in [1.29, 1.82) is 0 Å². The van der Waals surface area contributed by atoms with Gasteiger partial charge in [0, 0.05) is 24.4 Å². The Labute approximate surface area is 129 Å². The topological polar surface area (TPSA) is 91.8 Å². The quantitative estimate of drug-likeness (QED) is 0.542. The van der Waals surface area contributed by atoms with Gasteiger partial charge in [0.2, 0.25) is 5.75 Å². The monoisotopic (exact) mass is 320 g/mol. The maximum absolute atomic E-state index is 10.9. The fraction of sp³-hybridized carbons (Fsp3) is 0.0769. The molecule has 0 saturated carbocycles. The molecule has 0 radical (unpaired) electrons. The minimum absolute atomic E-state index is 0.0629. The first-order chi connectivity index (χ1) is 10.6. The summed E-state index contributed by atoms with van der Waals surface area (Å²) in [4.78, 5) is 14.4. The van der Waals surface area contributed by atoms with Gasteiger partial charge < -0.3 is 9.47 Å². The number of fused-ring (bicyclic) bond motifs is 1. The second-order valence-corrected chi connectivity index (χ2v) is 4.65. The molecule has 3 aromatic rings. The summed E-state index contributed by atoms with van der Waals surface area (Å²) in [5.74, 6) is 0.777. The maximum Gasteiger partial charge on any atom is 0.312 e. The Morgan fingerprint density at radius 3 is 2.86 bits per heavy atom. The molecule has 0 N–H and O–H groups in total. The molecule has 2 heterocycles. The zero-order valence-electron chi connectivity index (χ0n) is 11.3. The number of pyridine rings is 1. The van der Waals surface area contributed by atoms with E-state index in [1.807, 2.05) is 0 Å². The van der Waals surface area contributed by atoms with Gasteiger partial charge >= 0.3 is 5.69 Å². The number of benzene rings is 1. The molecule has 0 bridgehead atoms. The standard InChI is InChI=1S/C13H9ClN4O4/c1-21-12-6-11(9(14)5-10(12)18(19)20)22-8-2-3-17-13(4-8)15-7-16-17/h2-7H,1H3. The van der Waals surface area contributed by atoms with Gasteiger partial charge in [-0.15, -0.1) is 0 Å². The highest BCUT2D eigenvalue weighted by molar-refractivity contribution is 6.32. The molecule has 2 aromatic heterocycles. The Morgan fingerprint density at radius 1 is 1.32 bits per heavy atom. The highest BCUT2D eigenvalue weighted by Gasteiger charge is 2.19. The summed E-state index contributed by atoms with van der Waals surface area (Å²) < 4.78 is 12.2. The summed E-state index contributed by atoms with van der Waals surface area (Å²) in [7, 11) is 1.34. The van der Waals surface area contributed by atoms with Crippen LogP contribution in [0, 0.1) is 10.1 Å². The molecule has 0 atom stereocenters. The molecule has 3 rings (SSSR count). The number of hydrogen-bond acceptors (Lipinski definition) is 6. The summed E-state index contributed by atoms with van der Waals surface area (Å²) in [6.07, 6.45) is 3.09. The largest absolute Gasteiger partial charge is 0.490 e. The number of rotatable bonds is 4. The maximum atomic E-state index is 10.9. The molecular formula is C13H9ClN4O4. The van der Waals surface area contributed by atoms with E-state index in [4.69, 9.17) is 21.1 Å². The molecular weight excluding hydrogens is 312 g/mol. The molecule has 0 aliphatic carbocycles. The number of hydrogen-bond donors (Lipinski definition) is 0. The Morgan fingerprint density at radius 2 is 2.14 bits per heavy atom. The zero-order chi connectivity index (χ0) is 15.7. The number of halogens is 1. The summed E-state index contributed by atoms with van der Waals surface area (Å²) >= 11 is 6.03. The number of methoxy groups -OCH3 is 1. The van der Waals surface area contributed by atoms with Crippen LogP contribution in [0.4, 0.5) is 5.69 Å². The molecule has 112 valence electrons. The lowest BCUT2D eigenvalue weighted by atomic mass is 10.2. The Hall–Kier alpha value is -2.87. The molecule has 0 unspecified atom stereocenters. The first kappa shape index (κ1) is 14.1. The summed E-state index contributed by atoms with van der Waals surface area (Å²) in [6.45, 7) is 0. The second-order valence-electron chi connectivity index (χ2n) is 4.24. The van der Waals surface area contributed by atoms with Crippen LogP contribution in [-0.4, -0.2) is 26.6 Å². The van der Waals surface area contributed by atoms with E-state index < -0.39 is 4.92 Å². The van der Waals surface area contributed by atoms with E-state index in [0.717, 1.165) is 0 Å². The van der Waals surface area contributed by atoms with Crippen molar-refractivity contribution in [3.63, 3.8) is 0 Å². The van der Waals surface area contributed by atoms with E-state index in [-0.39, 0.29) is 22.2 Å². The average molecular weight is 321 g/mol. The molecule has 1 aromatic carbocycles. The third kappa shape index (κ3) is 2.51. The van der Waals surface area contributed by atoms with E-state index >= 15 is 0 Å². The molecule has 9 heteroatoms. The lowest BCUT2D eigenvalue weighted by Crippen LogP contribution is -1.96. The third-order valence-corrected chi connectivity index (χ3v) is 3.21. The van der Waals surface area contributed by atoms with Crippen LogP contribution >= 0.6 is 11.6 Å². The van der Waals surface area contributed by atoms with Crippen LogP contribution in [0.3, 0.4) is 0 Å². The number of nitro groups is 1. The van der Waals surface area contributed by atoms with Crippen LogP contribution in [0.1, 0.15) is 0 Å². The van der Waals surface area contributed by atoms with Gasteiger partial charge in [0.25, 0.3) is 0 Å². The van der Waals surface area contributed by atoms with Gasteiger partial charge in [-0.3, -0.25) is 10.1 Å². The highest BCUT2D eigenvalue weighted by Crippen LogP contribution is 2.39. The van der Waals surface area contributed by atoms with Crippen LogP contribution in [0.25, 0.3) is 5.65 Å². The third-order valence-electron chi connectivity index (χ3n) is 2.91. The lowest BCUT2D eigenvalue weighted by Gasteiger charge is -2.09. The van der Waals surface area contributed by atoms with Crippen molar-refractivity contribution in [2.24, 2.45) is 0 Å². The molecule has 0 saturated heterocycles. The minimum atomic E-state index is -0.573. The smallest absolute Gasteiger partial charge is 0.312 e. The SMILES string of the molecule is COc1cc(Oc2ccn3ncnc3c2)c(Cl)cc1[N+](=O)[O-]. The average Bonchev–Trinajstić information content (AvgIpc) is 2.96. The first-order valence-corrected chi connectivity index (χ1v) is 6.45. The van der Waals surface area contributed by atoms with Crippen molar-refractivity contribution in [3.8, 4) is 17.2 Å². The van der Waals surface area contributed by atoms with E-state index in [9.17, 15) is 10.1 Å². The fourth-order valence-corrected chi connectivity index (χ4v) is 2.09. The normalized spacial score (nSPS) is 10.6. The Bertz CT molecular complexity index is 864. The number of nitro benzene ring substituents is 1. The van der Waals surface area contributed by atoms with Gasteiger partial charge in [-0.2, -0.15) is 5.10 Å². The van der Waals surface area contributed by atoms with E-state index in [0.29, 0.717) is 11.4 Å². The Kier molecular flexibility index (Phi) is 3.51. The van der Waals surface area contributed by atoms with E-state index in [2.05, 4.69) is 10.1 Å². The van der Waals surface area contributed by atoms with Crippen LogP contribution in [0.5, 0.6) is 17.2 Å². The van der Waals surface area contributed by atoms with Crippen molar-refractivity contribution in [3.05, 3.63) is 51.9 Å². The Balaban J connectivity index is 1.98. The predicted octanol–water partition coefficient (Wildman–Crippen LogP) is 3.09. The summed E-state index contributed by atoms with van der Waals surface area (Å²) in [5, 5.41) is 15.0. The van der Waals surface area contributed by atoms with Gasteiger partial charge in [0.1, 0.15) is 17.8 Å². The summed E-state index contributed by atoms with van der Waals surface area (Å²) in [5.41, 5.74) is 0.371. The van der Waals surface area contributed by atoms with Gasteiger partial charge in [-0.05, 0) is 6.07 Å². The van der Waals surface area contributed by atoms with E-state index in [1.165, 1.54) is 25.6 Å². The molecule has 0 amide bonds. The number of ether oxygens (including phenoxy) is 2. The number of aromatic nitrogens is 3. The van der Waals surface area contributed by atoms with Gasteiger partial charge in [-0.1, -0.05) is 11.6 Å². The van der Waals surface area contributed by atoms with Crippen molar-refractivity contribution in [2.45, 2.75) is 0 Å². The van der Waals surface area contributed by atoms with Crippen LogP contribution in [-0.2, 0) is 0 Å². The number of nitrogens with zero attached hydrogens (tertiary/aromatic N) is 4. The molecule has 0 aliphatic rings. The minimum Gasteiger partial charge on any atom is -0.490 e. The molecule has 0 spiro atoms. The highest BCUT2D eigenvalue weighted by atomic mass is 35.5. The molecule has 8 nitrogen and oxygen atoms in total. The summed E-state index contributed by atoms with van der Waals surface area (Å²) in [6, 6.07) is 5.89. The van der Waals surface area contributed by atoms with E-state index in [1.54, 1.807) is 22.8 Å². The molecule has 0 aliphatic heterocycles. The van der Waals surface area contributed by atoms with Crippen molar-refractivity contribution in [2.75, 3.05) is 7.11 Å². The van der Waals surface area contributed by atoms with Crippen LogP contribution < -0.4 is 9.47 Å². The lowest BCUT2D eigenvalue weighted by molar-refractivity contribution is -0.385. The molecule has 22 heavy (non-hydrogen) atoms. The zero-order valence-corrected chi connectivity index (χ0v) is 12.0. The van der Waals surface area contributed by atoms with Crippen LogP contribution in [0.15, 0.2) is 36.8 Å². The predicted molar refractivity (Wildman–Crippen MR) is 77.7 cm³/mol. The van der Waals surface area contributed by atoms with Crippen molar-refractivity contribution >= 4 is 22.9 Å². The van der Waals surface area contributed by atoms with Crippen molar-refractivity contribution < 1.29 is 14.4 Å². The molecule has 0 fully saturated rings. The second kappa shape index (κ2) is 5.49. The first-order valence-electron chi connectivity index (χ1n) is 6.07.